The molecule has 9 heteroatoms. The van der Waals surface area contributed by atoms with E-state index in [9.17, 15) is 18.8 Å². The number of imide groups is 1. The number of methoxy groups -OCH3 is 3. The van der Waals surface area contributed by atoms with Gasteiger partial charge in [-0.3, -0.25) is 14.5 Å². The van der Waals surface area contributed by atoms with Gasteiger partial charge in [-0.2, -0.15) is 0 Å². The van der Waals surface area contributed by atoms with E-state index in [1.165, 1.54) is 33.5 Å². The van der Waals surface area contributed by atoms with Crippen LogP contribution in [0.1, 0.15) is 21.5 Å². The number of ketones is 1. The predicted octanol–water partition coefficient (Wildman–Crippen LogP) is 3.53. The fourth-order valence-electron chi connectivity index (χ4n) is 4.03. The Morgan fingerprint density at radius 2 is 1.40 bits per heavy atom. The SMILES string of the molecule is COc1ccc(C2(c3ccc(OC)cc3)NC(=O)N(CC(=O)c3ccc(OC)c(F)c3)C2=O)cc1. The van der Waals surface area contributed by atoms with Gasteiger partial charge in [0.15, 0.2) is 22.9 Å². The minimum absolute atomic E-state index is 0.00953. The van der Waals surface area contributed by atoms with Crippen LogP contribution < -0.4 is 19.5 Å². The number of nitrogens with zero attached hydrogens (tertiary/aromatic N) is 1. The summed E-state index contributed by atoms with van der Waals surface area (Å²) in [4.78, 5) is 40.6. The van der Waals surface area contributed by atoms with Gasteiger partial charge in [0.05, 0.1) is 27.9 Å². The summed E-state index contributed by atoms with van der Waals surface area (Å²) < 4.78 is 29.4. The van der Waals surface area contributed by atoms with E-state index in [0.29, 0.717) is 22.6 Å². The summed E-state index contributed by atoms with van der Waals surface area (Å²) in [6, 6.07) is 16.3. The van der Waals surface area contributed by atoms with Crippen molar-refractivity contribution in [1.29, 1.82) is 0 Å². The Bertz CT molecular complexity index is 1230. The molecule has 0 bridgehead atoms. The first-order chi connectivity index (χ1) is 16.8. The molecule has 1 aliphatic heterocycles. The number of urea groups is 1. The predicted molar refractivity (Wildman–Crippen MR) is 124 cm³/mol. The molecular weight excluding hydrogens is 455 g/mol. The Hall–Kier alpha value is -4.40. The van der Waals surface area contributed by atoms with Crippen molar-refractivity contribution in [3.63, 3.8) is 0 Å². The van der Waals surface area contributed by atoms with Crippen LogP contribution in [0.2, 0.25) is 0 Å². The maximum Gasteiger partial charge on any atom is 0.325 e. The summed E-state index contributed by atoms with van der Waals surface area (Å²) in [6.07, 6.45) is 0. The minimum Gasteiger partial charge on any atom is -0.497 e. The van der Waals surface area contributed by atoms with Gasteiger partial charge in [-0.1, -0.05) is 24.3 Å². The molecule has 1 aliphatic rings. The van der Waals surface area contributed by atoms with E-state index in [1.807, 2.05) is 0 Å². The van der Waals surface area contributed by atoms with Crippen LogP contribution in [0, 0.1) is 5.82 Å². The standard InChI is InChI=1S/C26H23FN2O6/c1-33-19-9-5-17(6-10-19)26(18-7-11-20(34-2)12-8-18)24(31)29(25(32)28-26)15-22(30)16-4-13-23(35-3)21(27)14-16/h4-14H,15H2,1-3H3,(H,28,32). The molecule has 1 saturated heterocycles. The molecule has 8 nitrogen and oxygen atoms in total. The second kappa shape index (κ2) is 9.46. The average molecular weight is 478 g/mol. The molecule has 4 rings (SSSR count). The third-order valence-electron chi connectivity index (χ3n) is 5.93. The topological polar surface area (TPSA) is 94.2 Å². The largest absolute Gasteiger partial charge is 0.497 e. The van der Waals surface area contributed by atoms with Crippen molar-refractivity contribution in [3.8, 4) is 17.2 Å². The smallest absolute Gasteiger partial charge is 0.325 e. The number of carbonyl (C=O) groups is 3. The Kier molecular flexibility index (Phi) is 6.42. The summed E-state index contributed by atoms with van der Waals surface area (Å²) in [7, 11) is 4.35. The maximum atomic E-state index is 14.1. The molecule has 1 N–H and O–H groups in total. The molecule has 3 aromatic carbocycles. The molecule has 3 aromatic rings. The van der Waals surface area contributed by atoms with Crippen LogP contribution in [-0.4, -0.2) is 50.5 Å². The van der Waals surface area contributed by atoms with Crippen molar-refractivity contribution in [3.05, 3.63) is 89.2 Å². The summed E-state index contributed by atoms with van der Waals surface area (Å²) in [5.41, 5.74) is -0.615. The quantitative estimate of drug-likeness (QED) is 0.393. The van der Waals surface area contributed by atoms with E-state index in [1.54, 1.807) is 48.5 Å². The van der Waals surface area contributed by atoms with Gasteiger partial charge in [0.1, 0.15) is 11.5 Å². The molecule has 0 unspecified atom stereocenters. The zero-order valence-electron chi connectivity index (χ0n) is 19.3. The minimum atomic E-state index is -1.58. The van der Waals surface area contributed by atoms with Crippen LogP contribution in [-0.2, 0) is 10.3 Å². The first kappa shape index (κ1) is 23.7. The normalized spacial score (nSPS) is 14.5. The summed E-state index contributed by atoms with van der Waals surface area (Å²) >= 11 is 0. The van der Waals surface area contributed by atoms with E-state index in [2.05, 4.69) is 5.32 Å². The molecular formula is C26H23FN2O6. The van der Waals surface area contributed by atoms with E-state index in [-0.39, 0.29) is 11.3 Å². The Morgan fingerprint density at radius 3 is 1.86 bits per heavy atom. The molecule has 180 valence electrons. The zero-order valence-corrected chi connectivity index (χ0v) is 19.3. The van der Waals surface area contributed by atoms with Gasteiger partial charge in [0, 0.05) is 5.56 Å². The monoisotopic (exact) mass is 478 g/mol. The number of rotatable bonds is 8. The molecule has 35 heavy (non-hydrogen) atoms. The summed E-state index contributed by atoms with van der Waals surface area (Å²) in [5.74, 6) is -0.834. The van der Waals surface area contributed by atoms with Gasteiger partial charge in [0.2, 0.25) is 0 Å². The van der Waals surface area contributed by atoms with E-state index in [0.717, 1.165) is 11.0 Å². The second-order valence-corrected chi connectivity index (χ2v) is 7.80. The highest BCUT2D eigenvalue weighted by molar-refractivity contribution is 6.13. The van der Waals surface area contributed by atoms with Crippen LogP contribution in [0.15, 0.2) is 66.7 Å². The lowest BCUT2D eigenvalue weighted by Gasteiger charge is -2.28. The van der Waals surface area contributed by atoms with E-state index >= 15 is 0 Å². The van der Waals surface area contributed by atoms with Crippen LogP contribution in [0.4, 0.5) is 9.18 Å². The third-order valence-corrected chi connectivity index (χ3v) is 5.93. The summed E-state index contributed by atoms with van der Waals surface area (Å²) in [5, 5.41) is 2.77. The van der Waals surface area contributed by atoms with Gasteiger partial charge in [-0.25, -0.2) is 9.18 Å². The lowest BCUT2D eigenvalue weighted by Crippen LogP contribution is -2.45. The van der Waals surface area contributed by atoms with Crippen molar-refractivity contribution >= 4 is 17.7 Å². The fourth-order valence-corrected chi connectivity index (χ4v) is 4.03. The first-order valence-corrected chi connectivity index (χ1v) is 10.6. The maximum absolute atomic E-state index is 14.1. The molecule has 0 aliphatic carbocycles. The van der Waals surface area contributed by atoms with Gasteiger partial charge in [-0.05, 0) is 53.6 Å². The molecule has 0 spiro atoms. The number of ether oxygens (including phenoxy) is 3. The molecule has 1 fully saturated rings. The van der Waals surface area contributed by atoms with Gasteiger partial charge >= 0.3 is 6.03 Å². The molecule has 1 heterocycles. The molecule has 0 atom stereocenters. The van der Waals surface area contributed by atoms with Crippen molar-refractivity contribution in [1.82, 2.24) is 10.2 Å². The molecule has 0 saturated carbocycles. The first-order valence-electron chi connectivity index (χ1n) is 10.6. The van der Waals surface area contributed by atoms with Gasteiger partial charge in [0.25, 0.3) is 5.91 Å². The molecule has 3 amide bonds. The van der Waals surface area contributed by atoms with Crippen molar-refractivity contribution in [2.45, 2.75) is 5.54 Å². The van der Waals surface area contributed by atoms with Crippen molar-refractivity contribution in [2.75, 3.05) is 27.9 Å². The van der Waals surface area contributed by atoms with Crippen LogP contribution in [0.5, 0.6) is 17.2 Å². The Morgan fingerprint density at radius 1 is 0.857 bits per heavy atom. The van der Waals surface area contributed by atoms with Gasteiger partial charge < -0.3 is 19.5 Å². The highest BCUT2D eigenvalue weighted by atomic mass is 19.1. The fraction of sp³-hybridized carbons (Fsp3) is 0.192. The number of hydrogen-bond acceptors (Lipinski definition) is 6. The van der Waals surface area contributed by atoms with Crippen LogP contribution in [0.25, 0.3) is 0 Å². The third kappa shape index (κ3) is 4.16. The van der Waals surface area contributed by atoms with E-state index < -0.39 is 35.6 Å². The lowest BCUT2D eigenvalue weighted by molar-refractivity contribution is -0.129. The average Bonchev–Trinajstić information content (AvgIpc) is 3.14. The van der Waals surface area contributed by atoms with Crippen molar-refractivity contribution in [2.24, 2.45) is 0 Å². The lowest BCUT2D eigenvalue weighted by atomic mass is 9.82. The van der Waals surface area contributed by atoms with Crippen LogP contribution >= 0.6 is 0 Å². The number of amides is 3. The number of Topliss-reactive ketones (excluding diaryl/α,β-unsaturated/α-hetero) is 1. The van der Waals surface area contributed by atoms with Crippen molar-refractivity contribution < 1.29 is 33.0 Å². The summed E-state index contributed by atoms with van der Waals surface area (Å²) in [6.45, 7) is -0.565. The number of halogens is 1. The number of hydrogen-bond donors (Lipinski definition) is 1. The number of carbonyl (C=O) groups excluding carboxylic acids is 3. The van der Waals surface area contributed by atoms with Crippen LogP contribution in [0.3, 0.4) is 0 Å². The molecule has 0 radical (unpaired) electrons. The zero-order chi connectivity index (χ0) is 25.2. The highest BCUT2D eigenvalue weighted by Gasteiger charge is 2.54. The van der Waals surface area contributed by atoms with E-state index in [4.69, 9.17) is 14.2 Å². The Labute approximate surface area is 201 Å². The Balaban J connectivity index is 1.72. The number of benzene rings is 3. The highest BCUT2D eigenvalue weighted by Crippen LogP contribution is 2.37. The van der Waals surface area contributed by atoms with Gasteiger partial charge in [-0.15, -0.1) is 0 Å². The second-order valence-electron chi connectivity index (χ2n) is 7.80. The molecule has 0 aromatic heterocycles. The number of nitrogens with one attached hydrogen (secondary N) is 1.